The fourth-order valence-corrected chi connectivity index (χ4v) is 9.11. The van der Waals surface area contributed by atoms with Crippen molar-refractivity contribution in [3.8, 4) is 0 Å². The van der Waals surface area contributed by atoms with Crippen LogP contribution < -0.4 is 5.32 Å². The molecule has 0 fully saturated rings. The molecule has 0 saturated carbocycles. The van der Waals surface area contributed by atoms with Crippen molar-refractivity contribution in [2.75, 3.05) is 6.61 Å². The first-order valence-electron chi connectivity index (χ1n) is 28.6. The van der Waals surface area contributed by atoms with Gasteiger partial charge in [0.05, 0.1) is 18.8 Å². The Kier molecular flexibility index (Phi) is 52.5. The molecule has 0 radical (unpaired) electrons. The molecule has 3 unspecified atom stereocenters. The minimum Gasteiger partial charge on any atom is -0.394 e. The molecule has 0 aromatic carbocycles. The van der Waals surface area contributed by atoms with Crippen LogP contribution >= 0.6 is 0 Å². The molecule has 0 aliphatic carbocycles. The SMILES string of the molecule is CCCCCCCCCCC/C=C\C/C=C\CCCCCCCCCCC(O)C(=O)NC(CO)C(O)CCCCCCCCCCCCCCCCCCCCCCCCCCC. The Morgan fingerprint density at radius 2 is 0.651 bits per heavy atom. The molecule has 0 heterocycles. The lowest BCUT2D eigenvalue weighted by molar-refractivity contribution is -0.131. The van der Waals surface area contributed by atoms with E-state index in [2.05, 4.69) is 43.5 Å². The summed E-state index contributed by atoms with van der Waals surface area (Å²) in [6.45, 7) is 4.27. The Balaban J connectivity index is 3.54. The summed E-state index contributed by atoms with van der Waals surface area (Å²) in [5, 5.41) is 33.6. The van der Waals surface area contributed by atoms with Crippen LogP contribution in [-0.4, -0.2) is 46.1 Å². The summed E-state index contributed by atoms with van der Waals surface area (Å²) < 4.78 is 0. The number of aliphatic hydroxyl groups is 3. The second-order valence-corrected chi connectivity index (χ2v) is 19.9. The average molecular weight is 889 g/mol. The summed E-state index contributed by atoms with van der Waals surface area (Å²) in [4.78, 5) is 12.6. The van der Waals surface area contributed by atoms with E-state index in [4.69, 9.17) is 0 Å². The maximum Gasteiger partial charge on any atom is 0.249 e. The summed E-state index contributed by atoms with van der Waals surface area (Å²) in [5.74, 6) is -0.470. The number of nitrogens with one attached hydrogen (secondary N) is 1. The molecule has 4 N–H and O–H groups in total. The Morgan fingerprint density at radius 3 is 0.952 bits per heavy atom. The zero-order valence-electron chi connectivity index (χ0n) is 42.7. The van der Waals surface area contributed by atoms with E-state index in [9.17, 15) is 20.1 Å². The van der Waals surface area contributed by atoms with Crippen LogP contribution in [0.15, 0.2) is 24.3 Å². The second-order valence-electron chi connectivity index (χ2n) is 19.9. The summed E-state index contributed by atoms with van der Waals surface area (Å²) in [5.41, 5.74) is 0. The van der Waals surface area contributed by atoms with E-state index in [1.165, 1.54) is 250 Å². The van der Waals surface area contributed by atoms with Crippen molar-refractivity contribution in [3.63, 3.8) is 0 Å². The molecule has 0 saturated heterocycles. The van der Waals surface area contributed by atoms with E-state index in [-0.39, 0.29) is 6.61 Å². The standard InChI is InChI=1S/C58H113NO4/c1-3-5-7-9-11-13-15-17-19-21-23-25-27-29-31-32-34-36-38-40-42-44-46-48-50-52-56(61)55(54-60)59-58(63)57(62)53-51-49-47-45-43-41-39-37-35-33-30-28-26-24-22-20-18-16-14-12-10-8-6-4-2/h24,26,30,33,55-57,60-62H,3-23,25,27-29,31-32,34-54H2,1-2H3,(H,59,63)/b26-24-,33-30-. The van der Waals surface area contributed by atoms with Crippen LogP contribution in [0.25, 0.3) is 0 Å². The van der Waals surface area contributed by atoms with Crippen molar-refractivity contribution < 1.29 is 20.1 Å². The molecule has 0 aliphatic rings. The van der Waals surface area contributed by atoms with E-state index in [0.717, 1.165) is 38.5 Å². The minimum absolute atomic E-state index is 0.313. The van der Waals surface area contributed by atoms with Gasteiger partial charge in [-0.1, -0.05) is 295 Å². The lowest BCUT2D eigenvalue weighted by Crippen LogP contribution is -2.49. The summed E-state index contributed by atoms with van der Waals surface area (Å²) >= 11 is 0. The van der Waals surface area contributed by atoms with E-state index >= 15 is 0 Å². The van der Waals surface area contributed by atoms with Crippen molar-refractivity contribution in [1.82, 2.24) is 5.32 Å². The van der Waals surface area contributed by atoms with Crippen molar-refractivity contribution in [2.24, 2.45) is 0 Å². The van der Waals surface area contributed by atoms with Gasteiger partial charge in [-0.3, -0.25) is 4.79 Å². The number of allylic oxidation sites excluding steroid dienone is 4. The summed E-state index contributed by atoms with van der Waals surface area (Å²) in [7, 11) is 0. The Labute approximate surface area is 394 Å². The maximum absolute atomic E-state index is 12.6. The van der Waals surface area contributed by atoms with Gasteiger partial charge in [0, 0.05) is 0 Å². The highest BCUT2D eigenvalue weighted by Crippen LogP contribution is 2.18. The van der Waals surface area contributed by atoms with E-state index in [1.54, 1.807) is 0 Å². The van der Waals surface area contributed by atoms with Gasteiger partial charge in [0.2, 0.25) is 5.91 Å². The first-order valence-corrected chi connectivity index (χ1v) is 28.6. The summed E-state index contributed by atoms with van der Waals surface area (Å²) in [6.07, 6.45) is 67.9. The van der Waals surface area contributed by atoms with Crippen molar-refractivity contribution >= 4 is 5.91 Å². The molecular formula is C58H113NO4. The third-order valence-electron chi connectivity index (χ3n) is 13.6. The Hall–Kier alpha value is -1.17. The Morgan fingerprint density at radius 1 is 0.381 bits per heavy atom. The van der Waals surface area contributed by atoms with Gasteiger partial charge >= 0.3 is 0 Å². The average Bonchev–Trinajstić information content (AvgIpc) is 3.29. The first-order chi connectivity index (χ1) is 31.1. The highest BCUT2D eigenvalue weighted by Gasteiger charge is 2.23. The smallest absolute Gasteiger partial charge is 0.249 e. The molecule has 0 aliphatic heterocycles. The molecule has 0 bridgehead atoms. The normalized spacial score (nSPS) is 13.4. The zero-order valence-corrected chi connectivity index (χ0v) is 42.7. The first kappa shape index (κ1) is 61.8. The number of aliphatic hydroxyl groups excluding tert-OH is 3. The number of carbonyl (C=O) groups excluding carboxylic acids is 1. The van der Waals surface area contributed by atoms with Crippen LogP contribution in [-0.2, 0) is 4.79 Å². The largest absolute Gasteiger partial charge is 0.394 e. The molecule has 5 heteroatoms. The quantitative estimate of drug-likeness (QED) is 0.0362. The Bertz CT molecular complexity index is 936. The van der Waals surface area contributed by atoms with E-state index in [1.807, 2.05) is 0 Å². The maximum atomic E-state index is 12.6. The lowest BCUT2D eigenvalue weighted by Gasteiger charge is -2.23. The molecule has 0 aromatic heterocycles. The van der Waals surface area contributed by atoms with E-state index < -0.39 is 24.2 Å². The molecule has 374 valence electrons. The second kappa shape index (κ2) is 53.4. The number of carbonyl (C=O) groups is 1. The number of hydrogen-bond acceptors (Lipinski definition) is 4. The van der Waals surface area contributed by atoms with Crippen molar-refractivity contribution in [1.29, 1.82) is 0 Å². The fraction of sp³-hybridized carbons (Fsp3) is 0.914. The molecule has 0 rings (SSSR count). The van der Waals surface area contributed by atoms with Crippen molar-refractivity contribution in [3.05, 3.63) is 24.3 Å². The van der Waals surface area contributed by atoms with Gasteiger partial charge in [0.25, 0.3) is 0 Å². The van der Waals surface area contributed by atoms with Gasteiger partial charge in [0.1, 0.15) is 6.10 Å². The van der Waals surface area contributed by atoms with Gasteiger partial charge in [-0.2, -0.15) is 0 Å². The van der Waals surface area contributed by atoms with Crippen LogP contribution in [0.1, 0.15) is 316 Å². The third kappa shape index (κ3) is 48.6. The lowest BCUT2D eigenvalue weighted by atomic mass is 10.0. The predicted molar refractivity (Wildman–Crippen MR) is 278 cm³/mol. The molecule has 0 aromatic rings. The third-order valence-corrected chi connectivity index (χ3v) is 13.6. The fourth-order valence-electron chi connectivity index (χ4n) is 9.11. The molecular weight excluding hydrogens is 775 g/mol. The number of unbranched alkanes of at least 4 members (excludes halogenated alkanes) is 41. The van der Waals surface area contributed by atoms with Crippen LogP contribution in [0, 0.1) is 0 Å². The van der Waals surface area contributed by atoms with E-state index in [0.29, 0.717) is 12.8 Å². The predicted octanol–water partition coefficient (Wildman–Crippen LogP) is 17.7. The van der Waals surface area contributed by atoms with Gasteiger partial charge in [-0.05, 0) is 44.9 Å². The number of amides is 1. The highest BCUT2D eigenvalue weighted by atomic mass is 16.3. The van der Waals surface area contributed by atoms with Gasteiger partial charge < -0.3 is 20.6 Å². The molecule has 1 amide bonds. The van der Waals surface area contributed by atoms with Crippen LogP contribution in [0.5, 0.6) is 0 Å². The number of hydrogen-bond donors (Lipinski definition) is 4. The van der Waals surface area contributed by atoms with Gasteiger partial charge in [-0.15, -0.1) is 0 Å². The highest BCUT2D eigenvalue weighted by molar-refractivity contribution is 5.80. The zero-order chi connectivity index (χ0) is 45.8. The minimum atomic E-state index is -1.08. The topological polar surface area (TPSA) is 89.8 Å². The van der Waals surface area contributed by atoms with Crippen LogP contribution in [0.4, 0.5) is 0 Å². The molecule has 0 spiro atoms. The van der Waals surface area contributed by atoms with Crippen molar-refractivity contribution in [2.45, 2.75) is 334 Å². The monoisotopic (exact) mass is 888 g/mol. The molecule has 63 heavy (non-hydrogen) atoms. The summed E-state index contributed by atoms with van der Waals surface area (Å²) in [6, 6.07) is -0.715. The van der Waals surface area contributed by atoms with Gasteiger partial charge in [-0.25, -0.2) is 0 Å². The number of rotatable bonds is 53. The molecule has 5 nitrogen and oxygen atoms in total. The van der Waals surface area contributed by atoms with Crippen LogP contribution in [0.2, 0.25) is 0 Å². The van der Waals surface area contributed by atoms with Crippen LogP contribution in [0.3, 0.4) is 0 Å². The van der Waals surface area contributed by atoms with Gasteiger partial charge in [0.15, 0.2) is 0 Å². The molecule has 3 atom stereocenters.